The number of esters is 2. The maximum Gasteiger partial charge on any atom is 0.338 e. The molecule has 35 heavy (non-hydrogen) atoms. The summed E-state index contributed by atoms with van der Waals surface area (Å²) in [6.45, 7) is 1.59. The number of benzene rings is 3. The monoisotopic (exact) mass is 494 g/mol. The lowest BCUT2D eigenvalue weighted by Gasteiger charge is -2.35. The molecule has 1 aliphatic heterocycles. The highest BCUT2D eigenvalue weighted by Gasteiger charge is 2.29. The molecule has 4 rings (SSSR count). The summed E-state index contributed by atoms with van der Waals surface area (Å²) in [5.41, 5.74) is 1.58. The lowest BCUT2D eigenvalue weighted by Crippen LogP contribution is -2.48. The molecule has 1 heterocycles. The molecule has 0 aliphatic carbocycles. The van der Waals surface area contributed by atoms with E-state index in [4.69, 9.17) is 9.47 Å². The van der Waals surface area contributed by atoms with Crippen LogP contribution in [0.3, 0.4) is 0 Å². The zero-order valence-corrected chi connectivity index (χ0v) is 19.9. The second-order valence-corrected chi connectivity index (χ2v) is 9.83. The molecule has 3 aromatic carbocycles. The molecule has 0 N–H and O–H groups in total. The summed E-state index contributed by atoms with van der Waals surface area (Å²) in [6.07, 6.45) is 0. The predicted octanol–water partition coefficient (Wildman–Crippen LogP) is 3.21. The summed E-state index contributed by atoms with van der Waals surface area (Å²) in [5, 5.41) is 0. The average Bonchev–Trinajstić information content (AvgIpc) is 2.92. The molecule has 0 radical (unpaired) electrons. The van der Waals surface area contributed by atoms with Crippen LogP contribution >= 0.6 is 0 Å². The van der Waals surface area contributed by atoms with E-state index >= 15 is 0 Å². The Balaban J connectivity index is 1.31. The molecular formula is C26H26N2O6S. The van der Waals surface area contributed by atoms with Crippen molar-refractivity contribution in [1.82, 2.24) is 4.31 Å². The van der Waals surface area contributed by atoms with Crippen LogP contribution in [-0.2, 0) is 19.5 Å². The van der Waals surface area contributed by atoms with Gasteiger partial charge in [-0.25, -0.2) is 18.0 Å². The van der Waals surface area contributed by atoms with Crippen LogP contribution in [0.2, 0.25) is 0 Å². The number of hydrogen-bond donors (Lipinski definition) is 0. The minimum atomic E-state index is -3.76. The molecule has 0 atom stereocenters. The highest BCUT2D eigenvalue weighted by molar-refractivity contribution is 7.89. The highest BCUT2D eigenvalue weighted by Crippen LogP contribution is 2.22. The first-order chi connectivity index (χ1) is 16.9. The number of nitrogens with zero attached hydrogens (tertiary/aromatic N) is 2. The van der Waals surface area contributed by atoms with Crippen molar-refractivity contribution in [3.8, 4) is 0 Å². The molecule has 1 fully saturated rings. The third kappa shape index (κ3) is 6.06. The fourth-order valence-corrected chi connectivity index (χ4v) is 5.24. The molecule has 3 aromatic rings. The molecule has 0 spiro atoms. The number of carbonyl (C=O) groups excluding carboxylic acids is 2. The molecule has 0 bridgehead atoms. The van der Waals surface area contributed by atoms with Crippen LogP contribution in [0.15, 0.2) is 89.8 Å². The number of rotatable bonds is 8. The average molecular weight is 495 g/mol. The Hall–Kier alpha value is -3.69. The zero-order chi connectivity index (χ0) is 24.7. The van der Waals surface area contributed by atoms with Gasteiger partial charge in [0.2, 0.25) is 10.0 Å². The van der Waals surface area contributed by atoms with Crippen molar-refractivity contribution >= 4 is 27.6 Å². The van der Waals surface area contributed by atoms with Crippen LogP contribution < -0.4 is 4.90 Å². The lowest BCUT2D eigenvalue weighted by atomic mass is 10.2. The van der Waals surface area contributed by atoms with E-state index in [1.807, 2.05) is 30.3 Å². The van der Waals surface area contributed by atoms with Crippen molar-refractivity contribution in [2.45, 2.75) is 4.90 Å². The first-order valence-electron chi connectivity index (χ1n) is 11.2. The third-order valence-electron chi connectivity index (χ3n) is 5.63. The molecule has 0 saturated carbocycles. The van der Waals surface area contributed by atoms with Crippen LogP contribution in [0.4, 0.5) is 5.69 Å². The van der Waals surface area contributed by atoms with Gasteiger partial charge in [0.25, 0.3) is 0 Å². The number of carbonyl (C=O) groups is 2. The van der Waals surface area contributed by atoms with E-state index in [1.165, 1.54) is 28.6 Å². The van der Waals surface area contributed by atoms with Crippen molar-refractivity contribution in [3.05, 3.63) is 96.1 Å². The lowest BCUT2D eigenvalue weighted by molar-refractivity contribution is 0.0265. The van der Waals surface area contributed by atoms with Gasteiger partial charge in [0.05, 0.1) is 16.0 Å². The van der Waals surface area contributed by atoms with E-state index in [0.29, 0.717) is 31.7 Å². The van der Waals surface area contributed by atoms with Crippen LogP contribution in [-0.4, -0.2) is 64.1 Å². The number of ether oxygens (including phenoxy) is 2. The summed E-state index contributed by atoms with van der Waals surface area (Å²) < 4.78 is 38.0. The second kappa shape index (κ2) is 11.2. The molecular weight excluding hydrogens is 468 g/mol. The van der Waals surface area contributed by atoms with Gasteiger partial charge in [-0.1, -0.05) is 42.5 Å². The van der Waals surface area contributed by atoms with E-state index in [-0.39, 0.29) is 23.7 Å². The van der Waals surface area contributed by atoms with Gasteiger partial charge in [-0.2, -0.15) is 4.31 Å². The van der Waals surface area contributed by atoms with Crippen LogP contribution in [0.1, 0.15) is 20.7 Å². The minimum Gasteiger partial charge on any atom is -0.458 e. The number of anilines is 1. The van der Waals surface area contributed by atoms with Crippen molar-refractivity contribution < 1.29 is 27.5 Å². The van der Waals surface area contributed by atoms with Crippen molar-refractivity contribution in [3.63, 3.8) is 0 Å². The fraction of sp³-hybridized carbons (Fsp3) is 0.231. The van der Waals surface area contributed by atoms with Crippen molar-refractivity contribution in [2.75, 3.05) is 44.3 Å². The van der Waals surface area contributed by atoms with Crippen LogP contribution in [0, 0.1) is 0 Å². The Morgan fingerprint density at radius 3 is 1.86 bits per heavy atom. The summed E-state index contributed by atoms with van der Waals surface area (Å²) in [4.78, 5) is 26.5. The number of piperazine rings is 1. The van der Waals surface area contributed by atoms with Crippen LogP contribution in [0.5, 0.6) is 0 Å². The Morgan fingerprint density at radius 1 is 0.686 bits per heavy atom. The van der Waals surface area contributed by atoms with Crippen molar-refractivity contribution in [1.29, 1.82) is 0 Å². The van der Waals surface area contributed by atoms with Gasteiger partial charge in [0.15, 0.2) is 0 Å². The summed E-state index contributed by atoms with van der Waals surface area (Å²) in [5.74, 6) is -1.20. The molecule has 1 saturated heterocycles. The molecule has 1 aliphatic rings. The standard InChI is InChI=1S/C26H26N2O6S/c29-25(21-8-3-1-4-9-21)33-18-19-34-26(30)22-10-7-13-24(20-22)35(31,32)28-16-14-27(15-17-28)23-11-5-2-6-12-23/h1-13,20H,14-19H2. The van der Waals surface area contributed by atoms with Gasteiger partial charge in [0, 0.05) is 31.9 Å². The molecule has 0 unspecified atom stereocenters. The highest BCUT2D eigenvalue weighted by atomic mass is 32.2. The number of para-hydroxylation sites is 1. The molecule has 8 nitrogen and oxygen atoms in total. The maximum atomic E-state index is 13.2. The van der Waals surface area contributed by atoms with Gasteiger partial charge in [-0.05, 0) is 42.5 Å². The van der Waals surface area contributed by atoms with E-state index < -0.39 is 22.0 Å². The summed E-state index contributed by atoms with van der Waals surface area (Å²) >= 11 is 0. The van der Waals surface area contributed by atoms with E-state index in [1.54, 1.807) is 30.3 Å². The number of sulfonamides is 1. The SMILES string of the molecule is O=C(OCCOC(=O)c1cccc(S(=O)(=O)N2CCN(c3ccccc3)CC2)c1)c1ccccc1. The smallest absolute Gasteiger partial charge is 0.338 e. The third-order valence-corrected chi connectivity index (χ3v) is 7.52. The Bertz CT molecular complexity index is 1260. The van der Waals surface area contributed by atoms with Gasteiger partial charge >= 0.3 is 11.9 Å². The Labute approximate surface area is 204 Å². The summed E-state index contributed by atoms with van der Waals surface area (Å²) in [6, 6.07) is 24.1. The second-order valence-electron chi connectivity index (χ2n) is 7.89. The van der Waals surface area contributed by atoms with E-state index in [2.05, 4.69) is 4.90 Å². The zero-order valence-electron chi connectivity index (χ0n) is 19.1. The first-order valence-corrected chi connectivity index (χ1v) is 12.7. The molecule has 182 valence electrons. The van der Waals surface area contributed by atoms with Gasteiger partial charge < -0.3 is 14.4 Å². The maximum absolute atomic E-state index is 13.2. The fourth-order valence-electron chi connectivity index (χ4n) is 3.77. The quantitative estimate of drug-likeness (QED) is 0.351. The molecule has 9 heteroatoms. The molecule has 0 amide bonds. The Morgan fingerprint density at radius 2 is 1.23 bits per heavy atom. The topological polar surface area (TPSA) is 93.2 Å². The Kier molecular flexibility index (Phi) is 7.79. The largest absolute Gasteiger partial charge is 0.458 e. The van der Waals surface area contributed by atoms with Crippen LogP contribution in [0.25, 0.3) is 0 Å². The van der Waals surface area contributed by atoms with E-state index in [9.17, 15) is 18.0 Å². The van der Waals surface area contributed by atoms with Gasteiger partial charge in [-0.15, -0.1) is 0 Å². The minimum absolute atomic E-state index is 0.0376. The van der Waals surface area contributed by atoms with Crippen molar-refractivity contribution in [2.24, 2.45) is 0 Å². The normalized spacial score (nSPS) is 14.3. The predicted molar refractivity (Wildman–Crippen MR) is 131 cm³/mol. The number of hydrogen-bond acceptors (Lipinski definition) is 7. The molecule has 0 aromatic heterocycles. The first kappa shape index (κ1) is 24.4. The van der Waals surface area contributed by atoms with E-state index in [0.717, 1.165) is 5.69 Å². The van der Waals surface area contributed by atoms with Gasteiger partial charge in [0.1, 0.15) is 13.2 Å². The van der Waals surface area contributed by atoms with Gasteiger partial charge in [-0.3, -0.25) is 0 Å². The summed E-state index contributed by atoms with van der Waals surface area (Å²) in [7, 11) is -3.76.